The summed E-state index contributed by atoms with van der Waals surface area (Å²) in [5, 5.41) is 8.18. The fourth-order valence-electron chi connectivity index (χ4n) is 2.39. The molecule has 0 atom stereocenters. The molecule has 9 heteroatoms. The number of aromatic nitrogens is 2. The van der Waals surface area contributed by atoms with Crippen molar-refractivity contribution in [3.05, 3.63) is 47.7 Å². The molecule has 1 aromatic carbocycles. The lowest BCUT2D eigenvalue weighted by Gasteiger charge is -2.17. The van der Waals surface area contributed by atoms with E-state index in [4.69, 9.17) is 13.6 Å². The minimum absolute atomic E-state index is 0.126. The van der Waals surface area contributed by atoms with Crippen LogP contribution in [0, 0.1) is 12.7 Å². The van der Waals surface area contributed by atoms with Gasteiger partial charge in [-0.3, -0.25) is 4.79 Å². The first-order chi connectivity index (χ1) is 13.0. The van der Waals surface area contributed by atoms with Gasteiger partial charge in [0.25, 0.3) is 11.1 Å². The third kappa shape index (κ3) is 4.48. The molecular formula is C18H18FN3O4S. The van der Waals surface area contributed by atoms with Gasteiger partial charge in [-0.25, -0.2) is 4.39 Å². The fraction of sp³-hybridized carbons (Fsp3) is 0.278. The second-order valence-corrected chi connectivity index (χ2v) is 6.70. The molecule has 27 heavy (non-hydrogen) atoms. The average molecular weight is 391 g/mol. The molecule has 2 aromatic heterocycles. The van der Waals surface area contributed by atoms with E-state index in [1.165, 1.54) is 24.1 Å². The molecule has 0 radical (unpaired) electrons. The van der Waals surface area contributed by atoms with Gasteiger partial charge in [-0.05, 0) is 30.7 Å². The first-order valence-corrected chi connectivity index (χ1v) is 9.03. The largest absolute Gasteiger partial charge is 0.494 e. The van der Waals surface area contributed by atoms with Crippen LogP contribution in [0.25, 0.3) is 11.5 Å². The summed E-state index contributed by atoms with van der Waals surface area (Å²) in [6.45, 7) is 2.08. The lowest BCUT2D eigenvalue weighted by Crippen LogP contribution is -2.27. The SMILES string of the molecule is COc1ccc(CN(C)C(=O)CSc2nnc(-c3ccoc3C)o2)cc1F. The van der Waals surface area contributed by atoms with Crippen molar-refractivity contribution >= 4 is 17.7 Å². The minimum Gasteiger partial charge on any atom is -0.494 e. The molecule has 0 spiro atoms. The summed E-state index contributed by atoms with van der Waals surface area (Å²) in [6, 6.07) is 6.35. The van der Waals surface area contributed by atoms with E-state index in [-0.39, 0.29) is 24.0 Å². The molecule has 0 saturated heterocycles. The average Bonchev–Trinajstić information content (AvgIpc) is 3.28. The molecule has 0 saturated carbocycles. The molecule has 0 N–H and O–H groups in total. The number of hydrogen-bond acceptors (Lipinski definition) is 7. The number of methoxy groups -OCH3 is 1. The van der Waals surface area contributed by atoms with Crippen LogP contribution in [0.5, 0.6) is 5.75 Å². The number of aryl methyl sites for hydroxylation is 1. The van der Waals surface area contributed by atoms with Crippen LogP contribution in [0.3, 0.4) is 0 Å². The molecule has 0 aliphatic carbocycles. The van der Waals surface area contributed by atoms with E-state index in [9.17, 15) is 9.18 Å². The van der Waals surface area contributed by atoms with Crippen LogP contribution < -0.4 is 4.74 Å². The Balaban J connectivity index is 1.55. The third-order valence-corrected chi connectivity index (χ3v) is 4.68. The highest BCUT2D eigenvalue weighted by Crippen LogP contribution is 2.26. The van der Waals surface area contributed by atoms with E-state index in [0.29, 0.717) is 22.4 Å². The highest BCUT2D eigenvalue weighted by molar-refractivity contribution is 7.99. The monoisotopic (exact) mass is 391 g/mol. The molecule has 0 aliphatic rings. The van der Waals surface area contributed by atoms with Crippen LogP contribution in [-0.4, -0.2) is 40.9 Å². The topological polar surface area (TPSA) is 81.6 Å². The van der Waals surface area contributed by atoms with Crippen LogP contribution in [0.1, 0.15) is 11.3 Å². The number of benzene rings is 1. The first kappa shape index (κ1) is 19.0. The quantitative estimate of drug-likeness (QED) is 0.570. The standard InChI is InChI=1S/C18H18FN3O4S/c1-11-13(6-7-25-11)17-20-21-18(26-17)27-10-16(23)22(2)9-12-4-5-15(24-3)14(19)8-12/h4-8H,9-10H2,1-3H3. The smallest absolute Gasteiger partial charge is 0.277 e. The summed E-state index contributed by atoms with van der Waals surface area (Å²) >= 11 is 1.14. The van der Waals surface area contributed by atoms with Gasteiger partial charge < -0.3 is 18.5 Å². The summed E-state index contributed by atoms with van der Waals surface area (Å²) in [4.78, 5) is 13.8. The number of furan rings is 1. The molecule has 1 amide bonds. The van der Waals surface area contributed by atoms with Crippen LogP contribution in [0.4, 0.5) is 4.39 Å². The van der Waals surface area contributed by atoms with Crippen LogP contribution in [-0.2, 0) is 11.3 Å². The summed E-state index contributed by atoms with van der Waals surface area (Å²) in [5.41, 5.74) is 1.39. The zero-order valence-corrected chi connectivity index (χ0v) is 15.9. The van der Waals surface area contributed by atoms with Gasteiger partial charge in [-0.15, -0.1) is 10.2 Å². The number of carbonyl (C=O) groups is 1. The zero-order chi connectivity index (χ0) is 19.4. The molecular weight excluding hydrogens is 373 g/mol. The van der Waals surface area contributed by atoms with Crippen molar-refractivity contribution in [2.24, 2.45) is 0 Å². The molecule has 0 unspecified atom stereocenters. The number of rotatable bonds is 7. The van der Waals surface area contributed by atoms with E-state index in [1.54, 1.807) is 32.4 Å². The normalized spacial score (nSPS) is 10.8. The maximum Gasteiger partial charge on any atom is 0.277 e. The number of ether oxygens (including phenoxy) is 1. The van der Waals surface area contributed by atoms with Gasteiger partial charge in [-0.1, -0.05) is 17.8 Å². The number of thioether (sulfide) groups is 1. The van der Waals surface area contributed by atoms with Crippen molar-refractivity contribution < 1.29 is 22.8 Å². The third-order valence-electron chi connectivity index (χ3n) is 3.88. The van der Waals surface area contributed by atoms with E-state index in [0.717, 1.165) is 17.3 Å². The van der Waals surface area contributed by atoms with Crippen LogP contribution in [0.2, 0.25) is 0 Å². The Bertz CT molecular complexity index is 940. The molecule has 7 nitrogen and oxygen atoms in total. The Labute approximate surface area is 159 Å². The van der Waals surface area contributed by atoms with Gasteiger partial charge in [0.2, 0.25) is 5.91 Å². The summed E-state index contributed by atoms with van der Waals surface area (Å²) in [6.07, 6.45) is 1.54. The Kier molecular flexibility index (Phi) is 5.80. The predicted octanol–water partition coefficient (Wildman–Crippen LogP) is 3.54. The molecule has 142 valence electrons. The number of halogens is 1. The van der Waals surface area contributed by atoms with Crippen molar-refractivity contribution in [2.75, 3.05) is 19.9 Å². The Morgan fingerprint density at radius 1 is 1.33 bits per heavy atom. The van der Waals surface area contributed by atoms with E-state index in [2.05, 4.69) is 10.2 Å². The fourth-order valence-corrected chi connectivity index (χ4v) is 3.09. The molecule has 3 rings (SSSR count). The molecule has 0 bridgehead atoms. The van der Waals surface area contributed by atoms with Crippen molar-refractivity contribution in [1.82, 2.24) is 15.1 Å². The van der Waals surface area contributed by atoms with Crippen LogP contribution >= 0.6 is 11.8 Å². The Morgan fingerprint density at radius 3 is 2.81 bits per heavy atom. The first-order valence-electron chi connectivity index (χ1n) is 8.05. The van der Waals surface area contributed by atoms with Crippen molar-refractivity contribution in [2.45, 2.75) is 18.7 Å². The molecule has 3 aromatic rings. The summed E-state index contributed by atoms with van der Waals surface area (Å²) < 4.78 is 29.4. The number of hydrogen-bond donors (Lipinski definition) is 0. The maximum absolute atomic E-state index is 13.8. The second kappa shape index (κ2) is 8.26. The molecule has 0 fully saturated rings. The summed E-state index contributed by atoms with van der Waals surface area (Å²) in [5.74, 6) is 0.717. The Morgan fingerprint density at radius 2 is 2.15 bits per heavy atom. The highest BCUT2D eigenvalue weighted by atomic mass is 32.2. The van der Waals surface area contributed by atoms with Gasteiger partial charge in [0, 0.05) is 13.6 Å². The van der Waals surface area contributed by atoms with Gasteiger partial charge in [-0.2, -0.15) is 0 Å². The molecule has 0 aliphatic heterocycles. The highest BCUT2D eigenvalue weighted by Gasteiger charge is 2.16. The Hall–Kier alpha value is -2.81. The van der Waals surface area contributed by atoms with Gasteiger partial charge >= 0.3 is 0 Å². The lowest BCUT2D eigenvalue weighted by molar-refractivity contribution is -0.127. The number of amides is 1. The van der Waals surface area contributed by atoms with Gasteiger partial charge in [0.15, 0.2) is 11.6 Å². The summed E-state index contributed by atoms with van der Waals surface area (Å²) in [7, 11) is 3.06. The van der Waals surface area contributed by atoms with Crippen molar-refractivity contribution in [3.63, 3.8) is 0 Å². The van der Waals surface area contributed by atoms with Crippen molar-refractivity contribution in [1.29, 1.82) is 0 Å². The van der Waals surface area contributed by atoms with Gasteiger partial charge in [0.05, 0.1) is 24.7 Å². The van der Waals surface area contributed by atoms with Gasteiger partial charge in [0.1, 0.15) is 5.76 Å². The van der Waals surface area contributed by atoms with Crippen molar-refractivity contribution in [3.8, 4) is 17.2 Å². The van der Waals surface area contributed by atoms with E-state index in [1.807, 2.05) is 0 Å². The minimum atomic E-state index is -0.460. The predicted molar refractivity (Wildman–Crippen MR) is 96.9 cm³/mol. The zero-order valence-electron chi connectivity index (χ0n) is 15.1. The van der Waals surface area contributed by atoms with E-state index < -0.39 is 5.82 Å². The number of nitrogens with zero attached hydrogens (tertiary/aromatic N) is 3. The maximum atomic E-state index is 13.8. The van der Waals surface area contributed by atoms with E-state index >= 15 is 0 Å². The number of carbonyl (C=O) groups excluding carboxylic acids is 1. The lowest BCUT2D eigenvalue weighted by atomic mass is 10.2. The second-order valence-electron chi connectivity index (χ2n) is 5.77. The van der Waals surface area contributed by atoms with Crippen LogP contribution in [0.15, 0.2) is 44.6 Å². The molecule has 2 heterocycles.